The number of fused-ring (bicyclic) bond motifs is 2. The smallest absolute Gasteiger partial charge is 0.0546 e. The summed E-state index contributed by atoms with van der Waals surface area (Å²) in [5.74, 6) is 0.349. The Labute approximate surface area is 216 Å². The van der Waals surface area contributed by atoms with Gasteiger partial charge in [0, 0.05) is 71.9 Å². The van der Waals surface area contributed by atoms with Crippen molar-refractivity contribution in [1.29, 1.82) is 0 Å². The molecule has 0 amide bonds. The van der Waals surface area contributed by atoms with Gasteiger partial charge in [0.05, 0.1) is 4.86 Å². The molecule has 3 aliphatic rings. The van der Waals surface area contributed by atoms with E-state index in [-0.39, 0.29) is 0 Å². The molecule has 1 aromatic carbocycles. The fourth-order valence-corrected chi connectivity index (χ4v) is 6.06. The van der Waals surface area contributed by atoms with Gasteiger partial charge in [0.1, 0.15) is 0 Å². The molecule has 1 unspecified atom stereocenters. The predicted octanol–water partition coefficient (Wildman–Crippen LogP) is 8.35. The molecule has 0 saturated heterocycles. The van der Waals surface area contributed by atoms with Crippen molar-refractivity contribution in [3.8, 4) is 0 Å². The van der Waals surface area contributed by atoms with Crippen molar-refractivity contribution in [3.63, 3.8) is 0 Å². The lowest BCUT2D eigenvalue weighted by Crippen LogP contribution is -2.16. The Balaban J connectivity index is 1.48. The average Bonchev–Trinajstić information content (AvgIpc) is 3.33. The summed E-state index contributed by atoms with van der Waals surface area (Å²) in [7, 11) is 0. The van der Waals surface area contributed by atoms with Gasteiger partial charge in [-0.1, -0.05) is 63.5 Å². The molecule has 0 radical (unpaired) electrons. The number of benzene rings is 1. The van der Waals surface area contributed by atoms with E-state index in [0.717, 1.165) is 67.1 Å². The van der Waals surface area contributed by atoms with Gasteiger partial charge in [-0.25, -0.2) is 0 Å². The Morgan fingerprint density at radius 3 is 2.84 bits per heavy atom. The highest BCUT2D eigenvalue weighted by atomic mass is 79.9. The molecule has 0 fully saturated rings. The lowest BCUT2D eigenvalue weighted by molar-refractivity contribution is 0.646. The monoisotopic (exact) mass is 584 g/mol. The summed E-state index contributed by atoms with van der Waals surface area (Å²) < 4.78 is 4.60. The van der Waals surface area contributed by atoms with Crippen LogP contribution in [0, 0.1) is 5.92 Å². The molecule has 32 heavy (non-hydrogen) atoms. The molecule has 162 valence electrons. The van der Waals surface area contributed by atoms with E-state index in [0.29, 0.717) is 5.92 Å². The van der Waals surface area contributed by atoms with Crippen LogP contribution < -0.4 is 0 Å². The van der Waals surface area contributed by atoms with Crippen LogP contribution in [0.2, 0.25) is 0 Å². The lowest BCUT2D eigenvalue weighted by atomic mass is 9.89. The van der Waals surface area contributed by atoms with Crippen LogP contribution >= 0.6 is 56.7 Å². The van der Waals surface area contributed by atoms with Crippen LogP contribution in [0.1, 0.15) is 31.9 Å². The zero-order valence-electron chi connectivity index (χ0n) is 17.6. The fraction of sp³-hybridized carbons (Fsp3) is 0.231. The second-order valence-corrected chi connectivity index (χ2v) is 11.0. The lowest BCUT2D eigenvalue weighted by Gasteiger charge is -2.24. The molecule has 5 rings (SSSR count). The molecule has 1 aliphatic heterocycles. The van der Waals surface area contributed by atoms with Crippen LogP contribution in [-0.4, -0.2) is 15.1 Å². The maximum atomic E-state index is 5.80. The van der Waals surface area contributed by atoms with Crippen molar-refractivity contribution in [2.75, 3.05) is 0 Å². The molecule has 2 aliphatic carbocycles. The number of aromatic nitrogens is 1. The minimum absolute atomic E-state index is 0.349. The van der Waals surface area contributed by atoms with Crippen molar-refractivity contribution < 1.29 is 0 Å². The predicted molar refractivity (Wildman–Crippen MR) is 151 cm³/mol. The van der Waals surface area contributed by atoms with Crippen molar-refractivity contribution in [2.45, 2.75) is 32.7 Å². The zero-order valence-corrected chi connectivity index (χ0v) is 22.5. The van der Waals surface area contributed by atoms with E-state index in [1.165, 1.54) is 16.6 Å². The van der Waals surface area contributed by atoms with Gasteiger partial charge in [-0.15, -0.1) is 12.6 Å². The first-order chi connectivity index (χ1) is 15.4. The summed E-state index contributed by atoms with van der Waals surface area (Å²) in [6.45, 7) is 3.22. The van der Waals surface area contributed by atoms with Gasteiger partial charge in [-0.2, -0.15) is 0 Å². The number of halogens is 2. The van der Waals surface area contributed by atoms with Gasteiger partial charge < -0.3 is 4.57 Å². The van der Waals surface area contributed by atoms with Crippen LogP contribution in [0.5, 0.6) is 0 Å². The minimum Gasteiger partial charge on any atom is -0.341 e. The minimum atomic E-state index is 0.349. The first-order valence-corrected chi connectivity index (χ1v) is 13.2. The Kier molecular flexibility index (Phi) is 6.32. The number of allylic oxidation sites excluding steroid dienone is 8. The molecule has 1 atom stereocenters. The molecular formula is C26H22Br2N2S2. The largest absolute Gasteiger partial charge is 0.341 e. The van der Waals surface area contributed by atoms with Gasteiger partial charge in [-0.3, -0.25) is 4.99 Å². The van der Waals surface area contributed by atoms with Gasteiger partial charge in [0.15, 0.2) is 0 Å². The number of hydrogen-bond acceptors (Lipinski definition) is 3. The van der Waals surface area contributed by atoms with E-state index in [2.05, 4.69) is 91.9 Å². The summed E-state index contributed by atoms with van der Waals surface area (Å²) in [4.78, 5) is 6.63. The molecule has 2 nitrogen and oxygen atoms in total. The summed E-state index contributed by atoms with van der Waals surface area (Å²) in [6, 6.07) is 8.70. The number of unbranched alkanes of at least 4 members (excludes halogenated alkanes) is 1. The topological polar surface area (TPSA) is 17.3 Å². The van der Waals surface area contributed by atoms with E-state index < -0.39 is 0 Å². The maximum absolute atomic E-state index is 5.80. The van der Waals surface area contributed by atoms with Gasteiger partial charge in [0.2, 0.25) is 0 Å². The van der Waals surface area contributed by atoms with Crippen LogP contribution in [-0.2, 0) is 6.54 Å². The van der Waals surface area contributed by atoms with E-state index >= 15 is 0 Å². The molecule has 2 heterocycles. The molecule has 0 bridgehead atoms. The number of aliphatic imine (C=N–C) groups is 1. The van der Waals surface area contributed by atoms with Crippen LogP contribution in [0.3, 0.4) is 0 Å². The summed E-state index contributed by atoms with van der Waals surface area (Å²) in [5, 5.41) is 1.23. The highest BCUT2D eigenvalue weighted by molar-refractivity contribution is 9.12. The number of thiol groups is 1. The molecule has 0 N–H and O–H groups in total. The number of hydrogen-bond donors (Lipinski definition) is 1. The highest BCUT2D eigenvalue weighted by Crippen LogP contribution is 2.40. The van der Waals surface area contributed by atoms with Gasteiger partial charge in [-0.05, 0) is 55.0 Å². The Morgan fingerprint density at radius 2 is 2.06 bits per heavy atom. The number of rotatable bonds is 5. The van der Waals surface area contributed by atoms with Crippen molar-refractivity contribution in [3.05, 3.63) is 85.0 Å². The third-order valence-corrected chi connectivity index (χ3v) is 8.03. The SMILES string of the molecule is CCCCn1c(/C=C2/C(=S)C(/C=C3\CC4C=C(Br)C=CC4=N3)=C2S)cc2cc(Br)ccc21. The quantitative estimate of drug-likeness (QED) is 0.212. The van der Waals surface area contributed by atoms with Crippen molar-refractivity contribution >= 4 is 84.3 Å². The second kappa shape index (κ2) is 9.05. The van der Waals surface area contributed by atoms with Gasteiger partial charge in [0.25, 0.3) is 0 Å². The summed E-state index contributed by atoms with van der Waals surface area (Å²) in [5.41, 5.74) is 6.68. The van der Waals surface area contributed by atoms with Gasteiger partial charge >= 0.3 is 0 Å². The molecular weight excluding hydrogens is 564 g/mol. The van der Waals surface area contributed by atoms with Crippen molar-refractivity contribution in [1.82, 2.24) is 4.57 Å². The number of nitrogens with zero attached hydrogens (tertiary/aromatic N) is 2. The van der Waals surface area contributed by atoms with Crippen LogP contribution in [0.25, 0.3) is 17.0 Å². The van der Waals surface area contributed by atoms with Crippen LogP contribution in [0.4, 0.5) is 0 Å². The maximum Gasteiger partial charge on any atom is 0.0546 e. The molecule has 0 spiro atoms. The molecule has 6 heteroatoms. The first-order valence-electron chi connectivity index (χ1n) is 10.8. The van der Waals surface area contributed by atoms with E-state index in [1.807, 2.05) is 6.08 Å². The first kappa shape index (κ1) is 22.3. The third-order valence-electron chi connectivity index (χ3n) is 6.09. The number of aryl methyl sites for hydroxylation is 1. The number of thiocarbonyl (C=S) groups is 1. The zero-order chi connectivity index (χ0) is 22.4. The normalized spacial score (nSPS) is 22.6. The summed E-state index contributed by atoms with van der Waals surface area (Å²) in [6.07, 6.45) is 13.9. The van der Waals surface area contributed by atoms with E-state index in [9.17, 15) is 0 Å². The van der Waals surface area contributed by atoms with Crippen molar-refractivity contribution in [2.24, 2.45) is 10.9 Å². The van der Waals surface area contributed by atoms with E-state index in [4.69, 9.17) is 29.8 Å². The summed E-state index contributed by atoms with van der Waals surface area (Å²) >= 11 is 17.8. The van der Waals surface area contributed by atoms with E-state index in [1.54, 1.807) is 0 Å². The highest BCUT2D eigenvalue weighted by Gasteiger charge is 2.29. The fourth-order valence-electron chi connectivity index (χ4n) is 4.41. The molecule has 1 aromatic heterocycles. The Morgan fingerprint density at radius 1 is 1.22 bits per heavy atom. The third kappa shape index (κ3) is 4.11. The average molecular weight is 586 g/mol. The Bertz CT molecular complexity index is 1340. The molecule has 2 aromatic rings. The molecule has 0 saturated carbocycles. The second-order valence-electron chi connectivity index (χ2n) is 8.29. The Hall–Kier alpha value is -1.47. The standard InChI is InChI=1S/C26H22Br2N2S2/c1-2-3-8-30-20(12-16-10-18(28)5-7-24(16)30)14-22-25(31)21(26(22)32)13-19-11-15-9-17(27)4-6-23(15)29-19/h4-7,9-10,12-15,31H,2-3,8,11H2,1H3/b19-13+,22-14+. The van der Waals surface area contributed by atoms with Crippen LogP contribution in [0.15, 0.2) is 84.3 Å².